The zero-order chi connectivity index (χ0) is 26.1. The Bertz CT molecular complexity index is 911. The Balaban J connectivity index is 1.83. The van der Waals surface area contributed by atoms with Gasteiger partial charge in [-0.05, 0) is 37.2 Å². The van der Waals surface area contributed by atoms with Crippen molar-refractivity contribution in [2.45, 2.75) is 78.2 Å². The highest BCUT2D eigenvalue weighted by Crippen LogP contribution is 2.46. The number of amides is 2. The Morgan fingerprint density at radius 1 is 1.29 bits per heavy atom. The normalized spacial score (nSPS) is 26.0. The predicted octanol–water partition coefficient (Wildman–Crippen LogP) is 1.66. The highest BCUT2D eigenvalue weighted by Gasteiger charge is 2.53. The van der Waals surface area contributed by atoms with Crippen molar-refractivity contribution in [2.24, 2.45) is 28.9 Å². The van der Waals surface area contributed by atoms with E-state index in [1.54, 1.807) is 4.90 Å². The average Bonchev–Trinajstić information content (AvgIpc) is 3.53. The number of aliphatic hydroxyl groups is 1. The van der Waals surface area contributed by atoms with Crippen LogP contribution in [0.25, 0.3) is 0 Å². The van der Waals surface area contributed by atoms with Gasteiger partial charge in [0, 0.05) is 24.9 Å². The number of carbonyl (C=O) groups is 3. The van der Waals surface area contributed by atoms with E-state index in [1.807, 2.05) is 34.6 Å². The highest BCUT2D eigenvalue weighted by atomic mass is 16.3. The number of likely N-dealkylation sites (tertiary alicyclic amines) is 1. The summed E-state index contributed by atoms with van der Waals surface area (Å²) in [6, 6.07) is -2.12. The van der Waals surface area contributed by atoms with Gasteiger partial charge in [0.25, 0.3) is 5.91 Å². The van der Waals surface area contributed by atoms with E-state index < -0.39 is 41.5 Å². The second kappa shape index (κ2) is 10.8. The van der Waals surface area contributed by atoms with Gasteiger partial charge in [-0.1, -0.05) is 57.4 Å². The van der Waals surface area contributed by atoms with Gasteiger partial charge in [-0.15, -0.1) is 6.58 Å². The van der Waals surface area contributed by atoms with Crippen LogP contribution < -0.4 is 16.4 Å². The molecule has 5 N–H and O–H groups in total. The number of aliphatic hydroxyl groups excluding tert-OH is 1. The van der Waals surface area contributed by atoms with E-state index >= 15 is 0 Å². The molecule has 2 amide bonds. The van der Waals surface area contributed by atoms with Crippen LogP contribution in [0.4, 0.5) is 0 Å². The van der Waals surface area contributed by atoms with Gasteiger partial charge < -0.3 is 21.1 Å². The molecule has 3 aliphatic rings. The molecule has 0 aromatic heterocycles. The van der Waals surface area contributed by atoms with E-state index in [-0.39, 0.29) is 24.3 Å². The number of ketones is 1. The van der Waals surface area contributed by atoms with Crippen molar-refractivity contribution in [1.82, 2.24) is 15.5 Å². The number of Topliss-reactive ketones (excluding diaryl/α,β-unsaturated/α-hetero) is 1. The molecule has 194 valence electrons. The van der Waals surface area contributed by atoms with Crippen molar-refractivity contribution in [1.29, 1.82) is 0 Å². The third-order valence-corrected chi connectivity index (χ3v) is 7.27. The molecule has 0 aromatic carbocycles. The minimum atomic E-state index is -1.18. The monoisotopic (exact) mass is 486 g/mol. The number of allylic oxidation sites excluding steroid dienone is 2. The van der Waals surface area contributed by atoms with Gasteiger partial charge in [0.1, 0.15) is 6.23 Å². The molecule has 1 saturated heterocycles. The van der Waals surface area contributed by atoms with Crippen LogP contribution in [0.2, 0.25) is 0 Å². The molecule has 4 unspecified atom stereocenters. The lowest BCUT2D eigenvalue weighted by Crippen LogP contribution is -2.60. The predicted molar refractivity (Wildman–Crippen MR) is 136 cm³/mol. The molecule has 0 bridgehead atoms. The maximum Gasteiger partial charge on any atom is 0.289 e. The lowest BCUT2D eigenvalue weighted by molar-refractivity contribution is -0.141. The van der Waals surface area contributed by atoms with Crippen molar-refractivity contribution >= 4 is 17.6 Å². The second-order valence-corrected chi connectivity index (χ2v) is 11.6. The number of nitrogens with zero attached hydrogens (tertiary/aromatic N) is 1. The summed E-state index contributed by atoms with van der Waals surface area (Å²) in [7, 11) is 0. The molecule has 1 heterocycles. The van der Waals surface area contributed by atoms with Crippen LogP contribution in [-0.2, 0) is 14.4 Å². The number of hydrogen-bond acceptors (Lipinski definition) is 6. The number of carbonyl (C=O) groups excluding carboxylic acids is 3. The lowest BCUT2D eigenvalue weighted by atomic mass is 9.73. The fourth-order valence-corrected chi connectivity index (χ4v) is 4.98. The number of fused-ring (bicyclic) bond motifs is 1. The molecule has 1 saturated carbocycles. The first-order valence-electron chi connectivity index (χ1n) is 12.6. The third kappa shape index (κ3) is 6.29. The summed E-state index contributed by atoms with van der Waals surface area (Å²) in [5, 5.41) is 16.9. The minimum absolute atomic E-state index is 0.0505. The second-order valence-electron chi connectivity index (χ2n) is 11.6. The summed E-state index contributed by atoms with van der Waals surface area (Å²) in [6.45, 7) is 14.0. The Kier molecular flexibility index (Phi) is 8.40. The summed E-state index contributed by atoms with van der Waals surface area (Å²) < 4.78 is 0. The van der Waals surface area contributed by atoms with Gasteiger partial charge in [0.2, 0.25) is 11.7 Å². The Morgan fingerprint density at radius 3 is 2.49 bits per heavy atom. The summed E-state index contributed by atoms with van der Waals surface area (Å²) >= 11 is 0. The van der Waals surface area contributed by atoms with Crippen LogP contribution in [0.15, 0.2) is 36.0 Å². The average molecular weight is 487 g/mol. The Morgan fingerprint density at radius 2 is 1.94 bits per heavy atom. The molecular formula is C27H42N4O4. The maximum atomic E-state index is 13.5. The first-order valence-corrected chi connectivity index (χ1v) is 12.6. The number of rotatable bonds is 11. The van der Waals surface area contributed by atoms with E-state index in [1.165, 1.54) is 11.6 Å². The lowest BCUT2D eigenvalue weighted by Gasteiger charge is -2.38. The molecule has 2 fully saturated rings. The van der Waals surface area contributed by atoms with Crippen LogP contribution in [-0.4, -0.2) is 65.0 Å². The number of hydrogen-bond donors (Lipinski definition) is 4. The van der Waals surface area contributed by atoms with Gasteiger partial charge in [0.05, 0.1) is 18.1 Å². The van der Waals surface area contributed by atoms with Crippen LogP contribution in [0.5, 0.6) is 0 Å². The first kappa shape index (κ1) is 27.3. The fraction of sp³-hybridized carbons (Fsp3) is 0.667. The number of nitrogens with one attached hydrogen (secondary N) is 2. The fourth-order valence-electron chi connectivity index (χ4n) is 4.98. The summed E-state index contributed by atoms with van der Waals surface area (Å²) in [5.74, 6) is -1.10. The zero-order valence-electron chi connectivity index (χ0n) is 21.7. The Hall–Kier alpha value is -2.29. The molecule has 1 aliphatic heterocycles. The smallest absolute Gasteiger partial charge is 0.289 e. The highest BCUT2D eigenvalue weighted by molar-refractivity contribution is 6.38. The van der Waals surface area contributed by atoms with Crippen molar-refractivity contribution in [2.75, 3.05) is 13.1 Å². The van der Waals surface area contributed by atoms with Gasteiger partial charge in [-0.3, -0.25) is 19.7 Å². The van der Waals surface area contributed by atoms with Crippen LogP contribution in [0.1, 0.15) is 53.9 Å². The molecule has 8 heteroatoms. The minimum Gasteiger partial charge on any atom is -0.376 e. The van der Waals surface area contributed by atoms with Gasteiger partial charge in [-0.25, -0.2) is 0 Å². The summed E-state index contributed by atoms with van der Waals surface area (Å²) in [6.07, 6.45) is 7.03. The molecule has 8 nitrogen and oxygen atoms in total. The topological polar surface area (TPSA) is 125 Å². The van der Waals surface area contributed by atoms with E-state index in [2.05, 4.69) is 29.4 Å². The molecule has 3 rings (SSSR count). The molecule has 0 radical (unpaired) electrons. The maximum absolute atomic E-state index is 13.5. The van der Waals surface area contributed by atoms with Crippen molar-refractivity contribution in [3.05, 3.63) is 36.0 Å². The SMILES string of the molecule is C=CCNC(=O)C(=O)C(CC1CC1)NC(O)[C@@H]1C2C=C(C=C(C)C)C2CN1C(=O)[C@@H](N)C(C)(C)C. The van der Waals surface area contributed by atoms with Crippen LogP contribution in [0.3, 0.4) is 0 Å². The third-order valence-electron chi connectivity index (χ3n) is 7.27. The van der Waals surface area contributed by atoms with E-state index in [0.29, 0.717) is 18.9 Å². The largest absolute Gasteiger partial charge is 0.376 e. The van der Waals surface area contributed by atoms with Crippen molar-refractivity contribution in [3.63, 3.8) is 0 Å². The van der Waals surface area contributed by atoms with Gasteiger partial charge >= 0.3 is 0 Å². The quantitative estimate of drug-likeness (QED) is 0.200. The Labute approximate surface area is 209 Å². The number of nitrogens with two attached hydrogens (primary N) is 1. The molecular weight excluding hydrogens is 444 g/mol. The van der Waals surface area contributed by atoms with Gasteiger partial charge in [-0.2, -0.15) is 0 Å². The van der Waals surface area contributed by atoms with E-state index in [9.17, 15) is 19.5 Å². The summed E-state index contributed by atoms with van der Waals surface area (Å²) in [5.41, 5.74) is 8.22. The molecule has 0 aromatic rings. The molecule has 0 spiro atoms. The van der Waals surface area contributed by atoms with Gasteiger partial charge in [0.15, 0.2) is 0 Å². The van der Waals surface area contributed by atoms with Crippen molar-refractivity contribution in [3.8, 4) is 0 Å². The van der Waals surface area contributed by atoms with Crippen molar-refractivity contribution < 1.29 is 19.5 Å². The molecule has 6 atom stereocenters. The van der Waals surface area contributed by atoms with Crippen LogP contribution >= 0.6 is 0 Å². The molecule has 35 heavy (non-hydrogen) atoms. The molecule has 2 aliphatic carbocycles. The summed E-state index contributed by atoms with van der Waals surface area (Å²) in [4.78, 5) is 40.4. The standard InChI is InChI=1S/C27H42N4O4/c1-7-10-29-25(34)22(32)20(12-16-8-9-16)30-24(33)21-18-13-17(11-15(2)3)19(18)14-31(21)26(35)23(28)27(4,5)6/h7,11,13,16,18-21,23-24,30,33H,1,8-10,12,14,28H2,2-6H3,(H,29,34)/t18?,19?,20?,21-,23+,24?/m0/s1. The zero-order valence-corrected chi connectivity index (χ0v) is 21.7. The first-order chi connectivity index (χ1) is 16.3. The van der Waals surface area contributed by atoms with E-state index in [4.69, 9.17) is 5.73 Å². The van der Waals surface area contributed by atoms with E-state index in [0.717, 1.165) is 18.4 Å². The van der Waals surface area contributed by atoms with Crippen LogP contribution in [0, 0.1) is 23.2 Å².